The van der Waals surface area contributed by atoms with Gasteiger partial charge in [0.1, 0.15) is 12.2 Å². The smallest absolute Gasteiger partial charge is 0.253 e. The van der Waals surface area contributed by atoms with Gasteiger partial charge in [0.25, 0.3) is 5.91 Å². The fourth-order valence-electron chi connectivity index (χ4n) is 1.87. The maximum absolute atomic E-state index is 12.4. The topological polar surface area (TPSA) is 96.7 Å². The first-order chi connectivity index (χ1) is 10.1. The molecule has 21 heavy (non-hydrogen) atoms. The Labute approximate surface area is 123 Å². The van der Waals surface area contributed by atoms with E-state index in [9.17, 15) is 4.79 Å². The van der Waals surface area contributed by atoms with Crippen molar-refractivity contribution in [2.75, 3.05) is 6.54 Å². The molecule has 0 aliphatic carbocycles. The zero-order valence-electron chi connectivity index (χ0n) is 12.0. The monoisotopic (exact) mass is 283 g/mol. The van der Waals surface area contributed by atoms with Crippen LogP contribution in [0.2, 0.25) is 0 Å². The van der Waals surface area contributed by atoms with Gasteiger partial charge >= 0.3 is 0 Å². The fraction of sp³-hybridized carbons (Fsp3) is 0.267. The largest absolute Gasteiger partial charge is 0.342 e. The third-order valence-corrected chi connectivity index (χ3v) is 2.94. The molecule has 2 rings (SSSR count). The first-order valence-electron chi connectivity index (χ1n) is 6.57. The van der Waals surface area contributed by atoms with Crippen LogP contribution in [-0.2, 0) is 0 Å². The highest BCUT2D eigenvalue weighted by Crippen LogP contribution is 2.13. The highest BCUT2D eigenvalue weighted by atomic mass is 16.1. The molecule has 0 aliphatic rings. The van der Waals surface area contributed by atoms with Crippen LogP contribution in [0.3, 0.4) is 0 Å². The lowest BCUT2D eigenvalue weighted by Crippen LogP contribution is -2.28. The van der Waals surface area contributed by atoms with Crippen LogP contribution in [0.15, 0.2) is 24.5 Å². The lowest BCUT2D eigenvalue weighted by atomic mass is 10.0. The first-order valence-corrected chi connectivity index (χ1v) is 6.57. The second-order valence-corrected chi connectivity index (χ2v) is 4.62. The van der Waals surface area contributed by atoms with Crippen LogP contribution in [0.4, 0.5) is 0 Å². The molecule has 1 amide bonds. The molecule has 6 nitrogen and oxygen atoms in total. The number of amides is 1. The van der Waals surface area contributed by atoms with E-state index in [1.807, 2.05) is 26.0 Å². The molecule has 0 fully saturated rings. The summed E-state index contributed by atoms with van der Waals surface area (Å²) in [7, 11) is 0. The number of benzene rings is 1. The summed E-state index contributed by atoms with van der Waals surface area (Å²) >= 11 is 0. The molecule has 1 atom stereocenters. The zero-order valence-corrected chi connectivity index (χ0v) is 12.0. The molecule has 0 saturated carbocycles. The predicted octanol–water partition coefficient (Wildman–Crippen LogP) is 0.914. The number of nitrogens with one attached hydrogen (secondary N) is 2. The molecule has 0 aliphatic heterocycles. The highest BCUT2D eigenvalue weighted by molar-refractivity contribution is 5.97. The van der Waals surface area contributed by atoms with Crippen molar-refractivity contribution < 1.29 is 4.79 Å². The second-order valence-electron chi connectivity index (χ2n) is 4.62. The van der Waals surface area contributed by atoms with Crippen molar-refractivity contribution >= 4 is 5.91 Å². The zero-order chi connectivity index (χ0) is 15.2. The normalized spacial score (nSPS) is 11.4. The Bertz CT molecular complexity index is 682. The molecule has 0 bridgehead atoms. The van der Waals surface area contributed by atoms with E-state index >= 15 is 0 Å². The van der Waals surface area contributed by atoms with E-state index in [0.717, 1.165) is 5.56 Å². The van der Waals surface area contributed by atoms with Gasteiger partial charge in [0.2, 0.25) is 0 Å². The van der Waals surface area contributed by atoms with Crippen LogP contribution >= 0.6 is 0 Å². The van der Waals surface area contributed by atoms with Gasteiger partial charge in [-0.05, 0) is 31.5 Å². The summed E-state index contributed by atoms with van der Waals surface area (Å²) in [6.45, 7) is 4.04. The Morgan fingerprint density at radius 2 is 2.33 bits per heavy atom. The van der Waals surface area contributed by atoms with Gasteiger partial charge in [-0.3, -0.25) is 9.89 Å². The second kappa shape index (κ2) is 6.68. The number of nitrogens with zero attached hydrogens (tertiary/aromatic N) is 2. The van der Waals surface area contributed by atoms with E-state index in [4.69, 9.17) is 5.73 Å². The molecule has 1 heterocycles. The summed E-state index contributed by atoms with van der Waals surface area (Å²) < 4.78 is 0. The van der Waals surface area contributed by atoms with Crippen molar-refractivity contribution in [2.45, 2.75) is 19.9 Å². The number of hydrogen-bond acceptors (Lipinski definition) is 4. The molecule has 0 radical (unpaired) electrons. The van der Waals surface area contributed by atoms with E-state index in [0.29, 0.717) is 17.0 Å². The molecular weight excluding hydrogens is 266 g/mol. The van der Waals surface area contributed by atoms with E-state index < -0.39 is 0 Å². The third-order valence-electron chi connectivity index (χ3n) is 2.94. The minimum Gasteiger partial charge on any atom is -0.342 e. The fourth-order valence-corrected chi connectivity index (χ4v) is 1.87. The maximum Gasteiger partial charge on any atom is 0.253 e. The number of H-pyrrole nitrogens is 1. The summed E-state index contributed by atoms with van der Waals surface area (Å²) in [5.41, 5.74) is 7.62. The Balaban J connectivity index is 2.22. The number of carbonyl (C=O) groups excluding carboxylic acids is 1. The quantitative estimate of drug-likeness (QED) is 0.730. The van der Waals surface area contributed by atoms with E-state index in [-0.39, 0.29) is 18.5 Å². The van der Waals surface area contributed by atoms with Gasteiger partial charge in [-0.1, -0.05) is 17.9 Å². The summed E-state index contributed by atoms with van der Waals surface area (Å²) in [5, 5.41) is 9.36. The van der Waals surface area contributed by atoms with Crippen LogP contribution in [0.25, 0.3) is 0 Å². The van der Waals surface area contributed by atoms with Gasteiger partial charge < -0.3 is 11.1 Å². The van der Waals surface area contributed by atoms with Crippen LogP contribution in [0.1, 0.15) is 40.3 Å². The average molecular weight is 283 g/mol. The van der Waals surface area contributed by atoms with Crippen LogP contribution < -0.4 is 11.1 Å². The maximum atomic E-state index is 12.4. The summed E-state index contributed by atoms with van der Waals surface area (Å²) in [6, 6.07) is 5.24. The first kappa shape index (κ1) is 14.8. The van der Waals surface area contributed by atoms with Gasteiger partial charge in [-0.15, -0.1) is 0 Å². The van der Waals surface area contributed by atoms with Crippen molar-refractivity contribution in [3.05, 3.63) is 47.0 Å². The number of aryl methyl sites for hydroxylation is 1. The number of rotatable bonds is 3. The van der Waals surface area contributed by atoms with Crippen LogP contribution in [0, 0.1) is 18.8 Å². The summed E-state index contributed by atoms with van der Waals surface area (Å²) in [4.78, 5) is 16.4. The minimum atomic E-state index is -0.267. The van der Waals surface area contributed by atoms with Crippen molar-refractivity contribution in [3.63, 3.8) is 0 Å². The molecule has 1 unspecified atom stereocenters. The van der Waals surface area contributed by atoms with Crippen molar-refractivity contribution in [3.8, 4) is 11.8 Å². The molecule has 1 aromatic carbocycles. The lowest BCUT2D eigenvalue weighted by molar-refractivity contribution is 0.0938. The molecule has 6 heteroatoms. The Kier molecular flexibility index (Phi) is 4.69. The molecule has 0 saturated heterocycles. The molecule has 4 N–H and O–H groups in total. The minimum absolute atomic E-state index is 0.208. The summed E-state index contributed by atoms with van der Waals surface area (Å²) in [5.74, 6) is 6.10. The van der Waals surface area contributed by atoms with Crippen LogP contribution in [-0.4, -0.2) is 27.6 Å². The van der Waals surface area contributed by atoms with Gasteiger partial charge in [-0.25, -0.2) is 4.98 Å². The standard InChI is InChI=1S/C15H17N5O/c1-10-5-6-13(12(8-10)4-3-7-16)15(21)19-11(2)14-17-9-18-20-14/h5-6,8-9,11H,7,16H2,1-2H3,(H,19,21)(H,17,18,20). The SMILES string of the molecule is Cc1ccc(C(=O)NC(C)c2ncn[nH]2)c(C#CCN)c1. The van der Waals surface area contributed by atoms with Gasteiger partial charge in [-0.2, -0.15) is 5.10 Å². The van der Waals surface area contributed by atoms with Crippen molar-refractivity contribution in [1.82, 2.24) is 20.5 Å². The lowest BCUT2D eigenvalue weighted by Gasteiger charge is -2.12. The van der Waals surface area contributed by atoms with Gasteiger partial charge in [0.15, 0.2) is 0 Å². The number of nitrogens with two attached hydrogens (primary N) is 1. The molecular formula is C15H17N5O. The van der Waals surface area contributed by atoms with Crippen LogP contribution in [0.5, 0.6) is 0 Å². The number of carbonyl (C=O) groups is 1. The Hall–Kier alpha value is -2.65. The third kappa shape index (κ3) is 3.68. The van der Waals surface area contributed by atoms with E-state index in [1.165, 1.54) is 6.33 Å². The van der Waals surface area contributed by atoms with Crippen molar-refractivity contribution in [1.29, 1.82) is 0 Å². The molecule has 1 aromatic heterocycles. The molecule has 0 spiro atoms. The van der Waals surface area contributed by atoms with Gasteiger partial charge in [0.05, 0.1) is 18.2 Å². The average Bonchev–Trinajstić information content (AvgIpc) is 2.99. The predicted molar refractivity (Wildman–Crippen MR) is 79.4 cm³/mol. The van der Waals surface area contributed by atoms with E-state index in [2.05, 4.69) is 32.3 Å². The van der Waals surface area contributed by atoms with Crippen molar-refractivity contribution in [2.24, 2.45) is 5.73 Å². The number of hydrogen-bond donors (Lipinski definition) is 3. The number of aromatic amines is 1. The molecule has 2 aromatic rings. The highest BCUT2D eigenvalue weighted by Gasteiger charge is 2.15. The Morgan fingerprint density at radius 3 is 3.00 bits per heavy atom. The van der Waals surface area contributed by atoms with Gasteiger partial charge in [0, 0.05) is 5.56 Å². The van der Waals surface area contributed by atoms with E-state index in [1.54, 1.807) is 6.07 Å². The number of aromatic nitrogens is 3. The molecule has 108 valence electrons. The summed E-state index contributed by atoms with van der Waals surface area (Å²) in [6.07, 6.45) is 1.40. The Morgan fingerprint density at radius 1 is 1.52 bits per heavy atom.